The van der Waals surface area contributed by atoms with Gasteiger partial charge in [0.1, 0.15) is 5.75 Å². The number of rotatable bonds is 6. The maximum Gasteiger partial charge on any atom is 0.126 e. The average molecular weight is 251 g/mol. The molecule has 2 atom stereocenters. The van der Waals surface area contributed by atoms with Crippen LogP contribution in [0.15, 0.2) is 12.1 Å². The van der Waals surface area contributed by atoms with Gasteiger partial charge in [0.25, 0.3) is 0 Å². The Kier molecular flexibility index (Phi) is 5.63. The minimum atomic E-state index is -0.149. The van der Waals surface area contributed by atoms with Gasteiger partial charge >= 0.3 is 0 Å². The highest BCUT2D eigenvalue weighted by Gasteiger charge is 2.22. The second-order valence-corrected chi connectivity index (χ2v) is 4.56. The minimum absolute atomic E-state index is 0.0333. The van der Waals surface area contributed by atoms with Crippen LogP contribution in [0.1, 0.15) is 43.0 Å². The molecule has 102 valence electrons. The Morgan fingerprint density at radius 3 is 2.39 bits per heavy atom. The molecular weight excluding hydrogens is 226 g/mol. The van der Waals surface area contributed by atoms with Gasteiger partial charge in [-0.05, 0) is 38.3 Å². The van der Waals surface area contributed by atoms with E-state index in [1.165, 1.54) is 5.56 Å². The van der Waals surface area contributed by atoms with Crippen LogP contribution in [-0.2, 0) is 4.74 Å². The molecule has 1 aromatic carbocycles. The van der Waals surface area contributed by atoms with E-state index in [1.807, 2.05) is 13.0 Å². The van der Waals surface area contributed by atoms with Crippen molar-refractivity contribution in [3.05, 3.63) is 28.8 Å². The van der Waals surface area contributed by atoms with Crippen LogP contribution < -0.4 is 10.5 Å². The number of aryl methyl sites for hydroxylation is 1. The average Bonchev–Trinajstić information content (AvgIpc) is 2.38. The lowest BCUT2D eigenvalue weighted by Gasteiger charge is -2.25. The predicted octanol–water partition coefficient (Wildman–Crippen LogP) is 3.13. The molecule has 2 N–H and O–H groups in total. The van der Waals surface area contributed by atoms with Crippen molar-refractivity contribution in [1.29, 1.82) is 0 Å². The second kappa shape index (κ2) is 6.76. The van der Waals surface area contributed by atoms with Crippen LogP contribution in [-0.4, -0.2) is 19.8 Å². The van der Waals surface area contributed by atoms with E-state index in [2.05, 4.69) is 26.8 Å². The molecule has 3 nitrogen and oxygen atoms in total. The van der Waals surface area contributed by atoms with E-state index in [1.54, 1.807) is 7.11 Å². The Morgan fingerprint density at radius 1 is 1.22 bits per heavy atom. The first-order valence-corrected chi connectivity index (χ1v) is 6.58. The predicted molar refractivity (Wildman–Crippen MR) is 75.1 cm³/mol. The molecule has 0 bridgehead atoms. The summed E-state index contributed by atoms with van der Waals surface area (Å²) in [7, 11) is 1.69. The van der Waals surface area contributed by atoms with E-state index in [0.717, 1.165) is 23.3 Å². The fourth-order valence-corrected chi connectivity index (χ4v) is 2.23. The summed E-state index contributed by atoms with van der Waals surface area (Å²) in [6, 6.07) is 3.99. The van der Waals surface area contributed by atoms with E-state index in [4.69, 9.17) is 15.2 Å². The van der Waals surface area contributed by atoms with Gasteiger partial charge in [0, 0.05) is 12.2 Å². The normalized spacial score (nSPS) is 14.3. The van der Waals surface area contributed by atoms with Crippen molar-refractivity contribution < 1.29 is 9.47 Å². The first-order valence-electron chi connectivity index (χ1n) is 6.58. The van der Waals surface area contributed by atoms with Crippen LogP contribution >= 0.6 is 0 Å². The van der Waals surface area contributed by atoms with Gasteiger partial charge in [-0.3, -0.25) is 0 Å². The molecule has 2 unspecified atom stereocenters. The van der Waals surface area contributed by atoms with Gasteiger partial charge in [-0.25, -0.2) is 0 Å². The standard InChI is InChI=1S/C15H25NO2/c1-6-13(18-7-2)14(16)12-9-8-10(3)11(4)15(12)17-5/h8-9,13-14H,6-7,16H2,1-5H3. The van der Waals surface area contributed by atoms with Gasteiger partial charge in [-0.2, -0.15) is 0 Å². The Hall–Kier alpha value is -1.06. The molecule has 3 heteroatoms. The number of benzene rings is 1. The lowest BCUT2D eigenvalue weighted by molar-refractivity contribution is 0.0408. The molecule has 0 fully saturated rings. The molecule has 0 saturated carbocycles. The van der Waals surface area contributed by atoms with Crippen molar-refractivity contribution in [1.82, 2.24) is 0 Å². The zero-order chi connectivity index (χ0) is 13.7. The quantitative estimate of drug-likeness (QED) is 0.844. The Bertz CT molecular complexity index is 390. The SMILES string of the molecule is CCOC(CC)C(N)c1ccc(C)c(C)c1OC. The van der Waals surface area contributed by atoms with E-state index < -0.39 is 0 Å². The summed E-state index contributed by atoms with van der Waals surface area (Å²) in [6.07, 6.45) is 0.927. The fraction of sp³-hybridized carbons (Fsp3) is 0.600. The molecule has 0 aliphatic rings. The molecule has 0 radical (unpaired) electrons. The molecule has 0 aliphatic heterocycles. The van der Waals surface area contributed by atoms with Crippen molar-refractivity contribution in [2.75, 3.05) is 13.7 Å². The third-order valence-electron chi connectivity index (χ3n) is 3.45. The summed E-state index contributed by atoms with van der Waals surface area (Å²) >= 11 is 0. The zero-order valence-corrected chi connectivity index (χ0v) is 12.1. The van der Waals surface area contributed by atoms with Gasteiger partial charge in [0.2, 0.25) is 0 Å². The van der Waals surface area contributed by atoms with E-state index in [0.29, 0.717) is 6.61 Å². The number of hydrogen-bond acceptors (Lipinski definition) is 3. The van der Waals surface area contributed by atoms with Gasteiger partial charge in [-0.1, -0.05) is 19.1 Å². The van der Waals surface area contributed by atoms with Crippen LogP contribution in [0.4, 0.5) is 0 Å². The molecule has 1 rings (SSSR count). The summed E-state index contributed by atoms with van der Waals surface area (Å²) in [5.41, 5.74) is 9.72. The highest BCUT2D eigenvalue weighted by Crippen LogP contribution is 2.32. The smallest absolute Gasteiger partial charge is 0.126 e. The summed E-state index contributed by atoms with van der Waals surface area (Å²) in [5.74, 6) is 0.889. The van der Waals surface area contributed by atoms with E-state index >= 15 is 0 Å². The maximum atomic E-state index is 6.33. The van der Waals surface area contributed by atoms with Crippen LogP contribution in [0.25, 0.3) is 0 Å². The summed E-state index contributed by atoms with van der Waals surface area (Å²) < 4.78 is 11.2. The third-order valence-corrected chi connectivity index (χ3v) is 3.45. The molecule has 0 spiro atoms. The van der Waals surface area contributed by atoms with Crippen LogP contribution in [0.5, 0.6) is 5.75 Å². The molecular formula is C15H25NO2. The summed E-state index contributed by atoms with van der Waals surface area (Å²) in [6.45, 7) is 8.90. The van der Waals surface area contributed by atoms with Crippen molar-refractivity contribution in [3.63, 3.8) is 0 Å². The van der Waals surface area contributed by atoms with Gasteiger partial charge < -0.3 is 15.2 Å². The second-order valence-electron chi connectivity index (χ2n) is 4.56. The first-order chi connectivity index (χ1) is 8.56. The van der Waals surface area contributed by atoms with Gasteiger partial charge in [0.15, 0.2) is 0 Å². The highest BCUT2D eigenvalue weighted by atomic mass is 16.5. The largest absolute Gasteiger partial charge is 0.496 e. The number of ether oxygens (including phenoxy) is 2. The third kappa shape index (κ3) is 3.03. The number of methoxy groups -OCH3 is 1. The Balaban J connectivity index is 3.11. The van der Waals surface area contributed by atoms with Crippen molar-refractivity contribution in [2.45, 2.75) is 46.3 Å². The van der Waals surface area contributed by atoms with Crippen LogP contribution in [0.2, 0.25) is 0 Å². The molecule has 0 saturated heterocycles. The first kappa shape index (κ1) is 15.0. The number of nitrogens with two attached hydrogens (primary N) is 1. The topological polar surface area (TPSA) is 44.5 Å². The van der Waals surface area contributed by atoms with Crippen molar-refractivity contribution in [3.8, 4) is 5.75 Å². The highest BCUT2D eigenvalue weighted by molar-refractivity contribution is 5.47. The molecule has 0 heterocycles. The Morgan fingerprint density at radius 2 is 1.89 bits per heavy atom. The van der Waals surface area contributed by atoms with Crippen LogP contribution in [0.3, 0.4) is 0 Å². The van der Waals surface area contributed by atoms with Gasteiger partial charge in [-0.15, -0.1) is 0 Å². The maximum absolute atomic E-state index is 6.33. The number of hydrogen-bond donors (Lipinski definition) is 1. The van der Waals surface area contributed by atoms with Crippen molar-refractivity contribution in [2.24, 2.45) is 5.73 Å². The molecule has 0 aromatic heterocycles. The zero-order valence-electron chi connectivity index (χ0n) is 12.1. The summed E-state index contributed by atoms with van der Waals surface area (Å²) in [5, 5.41) is 0. The lowest BCUT2D eigenvalue weighted by atomic mass is 9.95. The van der Waals surface area contributed by atoms with Crippen molar-refractivity contribution >= 4 is 0 Å². The lowest BCUT2D eigenvalue weighted by Crippen LogP contribution is -2.29. The monoisotopic (exact) mass is 251 g/mol. The molecule has 18 heavy (non-hydrogen) atoms. The molecule has 1 aromatic rings. The Labute approximate surface area is 110 Å². The van der Waals surface area contributed by atoms with E-state index in [9.17, 15) is 0 Å². The van der Waals surface area contributed by atoms with Crippen LogP contribution in [0, 0.1) is 13.8 Å². The van der Waals surface area contributed by atoms with Gasteiger partial charge in [0.05, 0.1) is 19.3 Å². The van der Waals surface area contributed by atoms with E-state index in [-0.39, 0.29) is 12.1 Å². The fourth-order valence-electron chi connectivity index (χ4n) is 2.23. The summed E-state index contributed by atoms with van der Waals surface area (Å²) in [4.78, 5) is 0. The molecule has 0 aliphatic carbocycles. The minimum Gasteiger partial charge on any atom is -0.496 e. The molecule has 0 amide bonds.